The van der Waals surface area contributed by atoms with Gasteiger partial charge in [0.25, 0.3) is 0 Å². The zero-order valence-corrected chi connectivity index (χ0v) is 17.5. The number of aromatic nitrogens is 1. The third kappa shape index (κ3) is 3.77. The number of likely N-dealkylation sites (tertiary alicyclic amines) is 2. The minimum absolute atomic E-state index is 0.00989. The van der Waals surface area contributed by atoms with Crippen molar-refractivity contribution in [1.29, 1.82) is 0 Å². The van der Waals surface area contributed by atoms with Gasteiger partial charge in [-0.2, -0.15) is 0 Å². The molecule has 2 fully saturated rings. The summed E-state index contributed by atoms with van der Waals surface area (Å²) in [5.41, 5.74) is 1.12. The van der Waals surface area contributed by atoms with E-state index in [2.05, 4.69) is 54.8 Å². The van der Waals surface area contributed by atoms with E-state index in [4.69, 9.17) is 4.98 Å². The van der Waals surface area contributed by atoms with Crippen LogP contribution in [0.5, 0.6) is 0 Å². The fraction of sp³-hybridized carbons (Fsp3) is 0.636. The van der Waals surface area contributed by atoms with Gasteiger partial charge in [-0.1, -0.05) is 12.1 Å². The van der Waals surface area contributed by atoms with Crippen LogP contribution in [0.15, 0.2) is 24.3 Å². The molecule has 4 nitrogen and oxygen atoms in total. The van der Waals surface area contributed by atoms with Crippen LogP contribution in [0.2, 0.25) is 0 Å². The fourth-order valence-corrected chi connectivity index (χ4v) is 5.96. The third-order valence-electron chi connectivity index (χ3n) is 6.54. The number of amides is 1. The molecule has 0 unspecified atom stereocenters. The first-order valence-electron chi connectivity index (χ1n) is 10.5. The van der Waals surface area contributed by atoms with Crippen molar-refractivity contribution >= 4 is 27.5 Å². The lowest BCUT2D eigenvalue weighted by Gasteiger charge is -2.43. The first-order chi connectivity index (χ1) is 13.0. The molecule has 2 aliphatic rings. The molecule has 2 saturated heterocycles. The largest absolute Gasteiger partial charge is 0.336 e. The molecule has 146 valence electrons. The summed E-state index contributed by atoms with van der Waals surface area (Å²) in [6.45, 7) is 8.50. The van der Waals surface area contributed by atoms with Crippen LogP contribution in [0.4, 0.5) is 0 Å². The smallest absolute Gasteiger partial charge is 0.240 e. The van der Waals surface area contributed by atoms with Crippen molar-refractivity contribution in [3.63, 3.8) is 0 Å². The van der Waals surface area contributed by atoms with Crippen LogP contribution < -0.4 is 0 Å². The Morgan fingerprint density at radius 2 is 1.78 bits per heavy atom. The van der Waals surface area contributed by atoms with Crippen molar-refractivity contribution in [3.05, 3.63) is 29.3 Å². The molecule has 1 aromatic carbocycles. The van der Waals surface area contributed by atoms with E-state index in [9.17, 15) is 4.79 Å². The Labute approximate surface area is 166 Å². The molecular weight excluding hydrogens is 354 g/mol. The van der Waals surface area contributed by atoms with Gasteiger partial charge in [-0.25, -0.2) is 4.98 Å². The topological polar surface area (TPSA) is 36.4 Å². The molecule has 4 rings (SSSR count). The number of nitrogens with zero attached hydrogens (tertiary/aromatic N) is 3. The summed E-state index contributed by atoms with van der Waals surface area (Å²) in [5, 5.41) is 1.27. The Hall–Kier alpha value is -1.46. The molecule has 0 N–H and O–H groups in total. The highest BCUT2D eigenvalue weighted by atomic mass is 32.1. The Balaban J connectivity index is 1.38. The summed E-state index contributed by atoms with van der Waals surface area (Å²) >= 11 is 1.84. The van der Waals surface area contributed by atoms with Crippen molar-refractivity contribution in [3.8, 4) is 0 Å². The van der Waals surface area contributed by atoms with E-state index in [1.165, 1.54) is 16.1 Å². The predicted molar refractivity (Wildman–Crippen MR) is 112 cm³/mol. The summed E-state index contributed by atoms with van der Waals surface area (Å²) in [6.07, 6.45) is 5.73. The van der Waals surface area contributed by atoms with Gasteiger partial charge < -0.3 is 4.90 Å². The summed E-state index contributed by atoms with van der Waals surface area (Å²) in [7, 11) is 0. The zero-order chi connectivity index (χ0) is 19.0. The normalized spacial score (nSPS) is 26.4. The number of hydrogen-bond acceptors (Lipinski definition) is 4. The van der Waals surface area contributed by atoms with Crippen LogP contribution in [0.3, 0.4) is 0 Å². The van der Waals surface area contributed by atoms with E-state index in [1.807, 2.05) is 11.3 Å². The van der Waals surface area contributed by atoms with Gasteiger partial charge >= 0.3 is 0 Å². The van der Waals surface area contributed by atoms with Gasteiger partial charge in [0.15, 0.2) is 0 Å². The maximum absolute atomic E-state index is 13.2. The van der Waals surface area contributed by atoms with E-state index >= 15 is 0 Å². The standard InChI is InChI=1S/C22H31N3OS/c1-15-7-6-8-16(2)25(15)22(26)17(3)24-13-11-18(12-14-24)21-23-19-9-4-5-10-20(19)27-21/h4-5,9-10,15-18H,6-8,11-14H2,1-3H3/t15-,16+,17-/m1/s1. The fourth-order valence-electron chi connectivity index (χ4n) is 4.83. The van der Waals surface area contributed by atoms with Gasteiger partial charge in [0.05, 0.1) is 21.3 Å². The van der Waals surface area contributed by atoms with Crippen LogP contribution in [0.1, 0.15) is 63.8 Å². The van der Waals surface area contributed by atoms with Gasteiger partial charge in [-0.05, 0) is 78.1 Å². The van der Waals surface area contributed by atoms with Crippen molar-refractivity contribution in [2.75, 3.05) is 13.1 Å². The number of rotatable bonds is 3. The van der Waals surface area contributed by atoms with Crippen molar-refractivity contribution in [2.24, 2.45) is 0 Å². The molecule has 3 heterocycles. The zero-order valence-electron chi connectivity index (χ0n) is 16.7. The SMILES string of the molecule is C[C@H](C(=O)N1[C@H](C)CCC[C@@H]1C)N1CCC(c2nc3ccccc3s2)CC1. The van der Waals surface area contributed by atoms with Gasteiger partial charge in [-0.3, -0.25) is 9.69 Å². The molecule has 0 spiro atoms. The minimum Gasteiger partial charge on any atom is -0.336 e. The first kappa shape index (κ1) is 18.9. The molecular formula is C22H31N3OS. The molecule has 0 saturated carbocycles. The second-order valence-electron chi connectivity index (χ2n) is 8.38. The van der Waals surface area contributed by atoms with Crippen molar-refractivity contribution in [2.45, 2.75) is 76.9 Å². The van der Waals surface area contributed by atoms with Crippen LogP contribution in [0, 0.1) is 0 Å². The first-order valence-corrected chi connectivity index (χ1v) is 11.3. The van der Waals surface area contributed by atoms with Crippen molar-refractivity contribution < 1.29 is 4.79 Å². The quantitative estimate of drug-likeness (QED) is 0.771. The maximum atomic E-state index is 13.2. The monoisotopic (exact) mass is 385 g/mol. The molecule has 27 heavy (non-hydrogen) atoms. The Kier molecular flexibility index (Phi) is 5.51. The second-order valence-corrected chi connectivity index (χ2v) is 9.44. The highest BCUT2D eigenvalue weighted by Gasteiger charge is 2.35. The average Bonchev–Trinajstić information content (AvgIpc) is 3.11. The number of piperidine rings is 2. The lowest BCUT2D eigenvalue weighted by atomic mass is 9.94. The maximum Gasteiger partial charge on any atom is 0.240 e. The number of carbonyl (C=O) groups excluding carboxylic acids is 1. The Morgan fingerprint density at radius 1 is 1.11 bits per heavy atom. The second kappa shape index (κ2) is 7.88. The molecule has 0 bridgehead atoms. The average molecular weight is 386 g/mol. The highest BCUT2D eigenvalue weighted by molar-refractivity contribution is 7.18. The molecule has 2 aliphatic heterocycles. The van der Waals surface area contributed by atoms with Gasteiger partial charge in [-0.15, -0.1) is 11.3 Å². The lowest BCUT2D eigenvalue weighted by Crippen LogP contribution is -2.55. The van der Waals surface area contributed by atoms with Gasteiger partial charge in [0.2, 0.25) is 5.91 Å². The molecule has 3 atom stereocenters. The number of hydrogen-bond donors (Lipinski definition) is 0. The Bertz CT molecular complexity index is 753. The van der Waals surface area contributed by atoms with E-state index < -0.39 is 0 Å². The van der Waals surface area contributed by atoms with Gasteiger partial charge in [0, 0.05) is 18.0 Å². The molecule has 1 amide bonds. The minimum atomic E-state index is -0.00989. The molecule has 0 aliphatic carbocycles. The predicted octanol–water partition coefficient (Wildman–Crippen LogP) is 4.65. The van der Waals surface area contributed by atoms with Crippen LogP contribution in [-0.4, -0.2) is 51.9 Å². The number of carbonyl (C=O) groups is 1. The van der Waals surface area contributed by atoms with E-state index in [0.29, 0.717) is 23.9 Å². The van der Waals surface area contributed by atoms with Crippen molar-refractivity contribution in [1.82, 2.24) is 14.8 Å². The number of thiazole rings is 1. The van der Waals surface area contributed by atoms with Gasteiger partial charge in [0.1, 0.15) is 0 Å². The number of benzene rings is 1. The summed E-state index contributed by atoms with van der Waals surface area (Å²) < 4.78 is 1.28. The summed E-state index contributed by atoms with van der Waals surface area (Å²) in [4.78, 5) is 22.6. The molecule has 2 aromatic rings. The van der Waals surface area contributed by atoms with E-state index in [0.717, 1.165) is 44.3 Å². The summed E-state index contributed by atoms with van der Waals surface area (Å²) in [5.74, 6) is 0.863. The highest BCUT2D eigenvalue weighted by Crippen LogP contribution is 2.34. The number of fused-ring (bicyclic) bond motifs is 1. The van der Waals surface area contributed by atoms with Crippen LogP contribution in [-0.2, 0) is 4.79 Å². The Morgan fingerprint density at radius 3 is 2.44 bits per heavy atom. The third-order valence-corrected chi connectivity index (χ3v) is 7.74. The van der Waals surface area contributed by atoms with E-state index in [1.54, 1.807) is 0 Å². The number of para-hydroxylation sites is 1. The molecule has 1 aromatic heterocycles. The summed E-state index contributed by atoms with van der Waals surface area (Å²) in [6, 6.07) is 9.16. The van der Waals surface area contributed by atoms with Crippen LogP contribution in [0.25, 0.3) is 10.2 Å². The van der Waals surface area contributed by atoms with E-state index in [-0.39, 0.29) is 6.04 Å². The lowest BCUT2D eigenvalue weighted by molar-refractivity contribution is -0.143. The molecule has 0 radical (unpaired) electrons. The molecule has 5 heteroatoms. The van der Waals surface area contributed by atoms with Crippen LogP contribution >= 0.6 is 11.3 Å².